The third kappa shape index (κ3) is 2.86. The van der Waals surface area contributed by atoms with Gasteiger partial charge in [-0.1, -0.05) is 6.07 Å². The summed E-state index contributed by atoms with van der Waals surface area (Å²) in [5.41, 5.74) is 0. The lowest BCUT2D eigenvalue weighted by Crippen LogP contribution is -2.11. The van der Waals surface area contributed by atoms with E-state index in [2.05, 4.69) is 38.6 Å². The van der Waals surface area contributed by atoms with E-state index in [1.807, 2.05) is 11.4 Å². The first kappa shape index (κ1) is 12.6. The van der Waals surface area contributed by atoms with Gasteiger partial charge < -0.3 is 15.4 Å². The number of nitrogens with one attached hydrogen (secondary N) is 2. The molecule has 0 saturated heterocycles. The van der Waals surface area contributed by atoms with E-state index in [1.54, 1.807) is 18.4 Å². The highest BCUT2D eigenvalue weighted by Crippen LogP contribution is 2.22. The van der Waals surface area contributed by atoms with E-state index in [0.29, 0.717) is 11.9 Å². The maximum Gasteiger partial charge on any atom is 0.322 e. The van der Waals surface area contributed by atoms with Crippen LogP contribution < -0.4 is 15.4 Å². The molecule has 1 atom stereocenters. The molecule has 2 aromatic heterocycles. The quantitative estimate of drug-likeness (QED) is 0.863. The Balaban J connectivity index is 2.17. The van der Waals surface area contributed by atoms with E-state index in [-0.39, 0.29) is 12.1 Å². The second-order valence-electron chi connectivity index (χ2n) is 3.60. The van der Waals surface area contributed by atoms with Gasteiger partial charge in [-0.15, -0.1) is 11.3 Å². The lowest BCUT2D eigenvalue weighted by atomic mass is 10.3. The Kier molecular flexibility index (Phi) is 3.93. The third-order valence-corrected chi connectivity index (χ3v) is 3.39. The molecule has 0 fully saturated rings. The predicted molar refractivity (Wildman–Crippen MR) is 72.3 cm³/mol. The van der Waals surface area contributed by atoms with Gasteiger partial charge >= 0.3 is 6.01 Å². The summed E-state index contributed by atoms with van der Waals surface area (Å²) in [6.07, 6.45) is 0. The van der Waals surface area contributed by atoms with Gasteiger partial charge in [0.1, 0.15) is 0 Å². The smallest absolute Gasteiger partial charge is 0.322 e. The summed E-state index contributed by atoms with van der Waals surface area (Å²) < 4.78 is 5.03. The molecule has 0 spiro atoms. The molecule has 0 aromatic carbocycles. The van der Waals surface area contributed by atoms with Gasteiger partial charge in [-0.25, -0.2) is 0 Å². The van der Waals surface area contributed by atoms with Crippen molar-refractivity contribution in [1.82, 2.24) is 15.0 Å². The number of anilines is 2. The van der Waals surface area contributed by atoms with Crippen LogP contribution in [0.1, 0.15) is 17.8 Å². The van der Waals surface area contributed by atoms with Crippen LogP contribution in [0.15, 0.2) is 17.5 Å². The molecule has 6 nitrogen and oxygen atoms in total. The molecule has 1 unspecified atom stereocenters. The molecule has 2 N–H and O–H groups in total. The molecule has 0 saturated carbocycles. The van der Waals surface area contributed by atoms with Crippen LogP contribution >= 0.6 is 11.3 Å². The van der Waals surface area contributed by atoms with Crippen LogP contribution in [0.3, 0.4) is 0 Å². The summed E-state index contributed by atoms with van der Waals surface area (Å²) >= 11 is 1.69. The highest BCUT2D eigenvalue weighted by molar-refractivity contribution is 7.10. The molecule has 18 heavy (non-hydrogen) atoms. The third-order valence-electron chi connectivity index (χ3n) is 2.34. The Labute approximate surface area is 109 Å². The van der Waals surface area contributed by atoms with Crippen molar-refractivity contribution < 1.29 is 4.74 Å². The van der Waals surface area contributed by atoms with E-state index in [4.69, 9.17) is 4.74 Å². The van der Waals surface area contributed by atoms with Crippen molar-refractivity contribution >= 4 is 23.2 Å². The molecule has 96 valence electrons. The zero-order valence-corrected chi connectivity index (χ0v) is 11.3. The van der Waals surface area contributed by atoms with Crippen molar-refractivity contribution in [1.29, 1.82) is 0 Å². The van der Waals surface area contributed by atoms with Crippen molar-refractivity contribution in [3.8, 4) is 6.01 Å². The lowest BCUT2D eigenvalue weighted by Gasteiger charge is -2.13. The second-order valence-corrected chi connectivity index (χ2v) is 4.58. The van der Waals surface area contributed by atoms with Crippen LogP contribution in [0, 0.1) is 0 Å². The van der Waals surface area contributed by atoms with Crippen molar-refractivity contribution in [3.63, 3.8) is 0 Å². The Bertz CT molecular complexity index is 480. The fourth-order valence-electron chi connectivity index (χ4n) is 1.43. The van der Waals surface area contributed by atoms with Gasteiger partial charge in [0.15, 0.2) is 0 Å². The topological polar surface area (TPSA) is 72.0 Å². The predicted octanol–water partition coefficient (Wildman–Crippen LogP) is 2.16. The van der Waals surface area contributed by atoms with Gasteiger partial charge in [0, 0.05) is 11.9 Å². The Morgan fingerprint density at radius 2 is 2.06 bits per heavy atom. The second kappa shape index (κ2) is 5.63. The molecule has 2 aromatic rings. The van der Waals surface area contributed by atoms with Crippen molar-refractivity contribution in [3.05, 3.63) is 22.4 Å². The summed E-state index contributed by atoms with van der Waals surface area (Å²) in [5.74, 6) is 0.967. The molecule has 2 heterocycles. The monoisotopic (exact) mass is 265 g/mol. The number of nitrogens with zero attached hydrogens (tertiary/aromatic N) is 3. The lowest BCUT2D eigenvalue weighted by molar-refractivity contribution is 0.379. The van der Waals surface area contributed by atoms with Crippen LogP contribution in [0.2, 0.25) is 0 Å². The van der Waals surface area contributed by atoms with Crippen LogP contribution in [-0.4, -0.2) is 29.1 Å². The summed E-state index contributed by atoms with van der Waals surface area (Å²) in [5, 5.41) is 8.13. The minimum atomic E-state index is 0.141. The van der Waals surface area contributed by atoms with E-state index < -0.39 is 0 Å². The van der Waals surface area contributed by atoms with E-state index in [0.717, 1.165) is 0 Å². The fraction of sp³-hybridized carbons (Fsp3) is 0.364. The number of ether oxygens (including phenoxy) is 1. The molecule has 0 aliphatic heterocycles. The van der Waals surface area contributed by atoms with Gasteiger partial charge in [-0.3, -0.25) is 0 Å². The SMILES string of the molecule is CNc1nc(NC(C)c2cccs2)nc(OC)n1. The number of aromatic nitrogens is 3. The van der Waals surface area contributed by atoms with Gasteiger partial charge in [0.2, 0.25) is 11.9 Å². The first-order valence-electron chi connectivity index (χ1n) is 5.50. The summed E-state index contributed by atoms with van der Waals surface area (Å²) in [6, 6.07) is 4.52. The van der Waals surface area contributed by atoms with Crippen LogP contribution in [0.25, 0.3) is 0 Å². The van der Waals surface area contributed by atoms with E-state index in [9.17, 15) is 0 Å². The summed E-state index contributed by atoms with van der Waals surface area (Å²) in [6.45, 7) is 2.06. The van der Waals surface area contributed by atoms with Gasteiger partial charge in [0.25, 0.3) is 0 Å². The Morgan fingerprint density at radius 1 is 1.28 bits per heavy atom. The highest BCUT2D eigenvalue weighted by atomic mass is 32.1. The average molecular weight is 265 g/mol. The van der Waals surface area contributed by atoms with Gasteiger partial charge in [-0.2, -0.15) is 15.0 Å². The van der Waals surface area contributed by atoms with Crippen LogP contribution in [0.5, 0.6) is 6.01 Å². The molecular weight excluding hydrogens is 250 g/mol. The van der Waals surface area contributed by atoms with Crippen molar-refractivity contribution in [2.45, 2.75) is 13.0 Å². The first-order chi connectivity index (χ1) is 8.72. The standard InChI is InChI=1S/C11H15N5OS/c1-7(8-5-4-6-18-8)13-10-14-9(12-2)15-11(16-10)17-3/h4-7H,1-3H3,(H2,12,13,14,15,16). The molecule has 0 radical (unpaired) electrons. The van der Waals surface area contributed by atoms with Gasteiger partial charge in [-0.05, 0) is 18.4 Å². The molecule has 0 amide bonds. The molecular formula is C11H15N5OS. The minimum Gasteiger partial charge on any atom is -0.467 e. The minimum absolute atomic E-state index is 0.141. The first-order valence-corrected chi connectivity index (χ1v) is 6.38. The molecule has 0 aliphatic carbocycles. The zero-order valence-electron chi connectivity index (χ0n) is 10.5. The van der Waals surface area contributed by atoms with E-state index in [1.165, 1.54) is 12.0 Å². The fourth-order valence-corrected chi connectivity index (χ4v) is 2.16. The normalized spacial score (nSPS) is 11.9. The van der Waals surface area contributed by atoms with Crippen molar-refractivity contribution in [2.24, 2.45) is 0 Å². The summed E-state index contributed by atoms with van der Waals surface area (Å²) in [7, 11) is 3.28. The van der Waals surface area contributed by atoms with Crippen molar-refractivity contribution in [2.75, 3.05) is 24.8 Å². The largest absolute Gasteiger partial charge is 0.467 e. The molecule has 7 heteroatoms. The zero-order chi connectivity index (χ0) is 13.0. The van der Waals surface area contributed by atoms with Crippen LogP contribution in [0.4, 0.5) is 11.9 Å². The van der Waals surface area contributed by atoms with Gasteiger partial charge in [0.05, 0.1) is 13.2 Å². The number of rotatable bonds is 5. The maximum atomic E-state index is 5.03. The van der Waals surface area contributed by atoms with E-state index >= 15 is 0 Å². The number of thiophene rings is 1. The molecule has 0 aliphatic rings. The average Bonchev–Trinajstić information content (AvgIpc) is 2.92. The summed E-state index contributed by atoms with van der Waals surface area (Å²) in [4.78, 5) is 13.7. The van der Waals surface area contributed by atoms with Crippen LogP contribution in [-0.2, 0) is 0 Å². The molecule has 2 rings (SSSR count). The molecule has 0 bridgehead atoms. The highest BCUT2D eigenvalue weighted by Gasteiger charge is 2.10. The number of hydrogen-bond acceptors (Lipinski definition) is 7. The number of methoxy groups -OCH3 is 1. The maximum absolute atomic E-state index is 5.03. The number of hydrogen-bond donors (Lipinski definition) is 2. The Hall–Kier alpha value is -1.89. The Morgan fingerprint density at radius 3 is 2.67 bits per heavy atom.